The third kappa shape index (κ3) is 5.12. The Hall–Kier alpha value is -1.37. The molecule has 0 spiro atoms. The normalized spacial score (nSPS) is 25.2. The fraction of sp³-hybridized carbons (Fsp3) is 0.867. The van der Waals surface area contributed by atoms with Crippen LogP contribution in [0.15, 0.2) is 0 Å². The summed E-state index contributed by atoms with van der Waals surface area (Å²) >= 11 is 0. The van der Waals surface area contributed by atoms with Crippen molar-refractivity contribution >= 4 is 12.1 Å². The molecule has 0 radical (unpaired) electrons. The summed E-state index contributed by atoms with van der Waals surface area (Å²) in [6.07, 6.45) is 0.720. The van der Waals surface area contributed by atoms with Crippen LogP contribution in [0.5, 0.6) is 0 Å². The van der Waals surface area contributed by atoms with E-state index in [-0.39, 0.29) is 26.1 Å². The molecular formula is C15H27FN2O4. The molecule has 0 aromatic rings. The summed E-state index contributed by atoms with van der Waals surface area (Å²) in [6.45, 7) is 6.84. The van der Waals surface area contributed by atoms with Crippen molar-refractivity contribution in [1.82, 2.24) is 4.90 Å². The van der Waals surface area contributed by atoms with Crippen LogP contribution < -0.4 is 5.73 Å². The zero-order valence-corrected chi connectivity index (χ0v) is 13.9. The van der Waals surface area contributed by atoms with Crippen molar-refractivity contribution in [2.75, 3.05) is 19.7 Å². The fourth-order valence-electron chi connectivity index (χ4n) is 2.22. The smallest absolute Gasteiger partial charge is 0.411 e. The first kappa shape index (κ1) is 18.7. The molecule has 0 unspecified atom stereocenters. The minimum Gasteiger partial charge on any atom is -0.464 e. The lowest BCUT2D eigenvalue weighted by Crippen LogP contribution is -2.44. The number of esters is 1. The van der Waals surface area contributed by atoms with Crippen molar-refractivity contribution in [3.63, 3.8) is 0 Å². The maximum Gasteiger partial charge on any atom is 0.411 e. The number of rotatable bonds is 5. The number of unbranched alkanes of at least 4 members (excludes halogenated alkanes) is 1. The van der Waals surface area contributed by atoms with Crippen molar-refractivity contribution in [1.29, 1.82) is 0 Å². The van der Waals surface area contributed by atoms with E-state index in [2.05, 4.69) is 0 Å². The van der Waals surface area contributed by atoms with Gasteiger partial charge in [-0.3, -0.25) is 4.90 Å². The van der Waals surface area contributed by atoms with Gasteiger partial charge in [0.2, 0.25) is 0 Å². The van der Waals surface area contributed by atoms with Crippen molar-refractivity contribution in [2.45, 2.75) is 64.3 Å². The lowest BCUT2D eigenvalue weighted by molar-refractivity contribution is -0.149. The van der Waals surface area contributed by atoms with Crippen molar-refractivity contribution in [2.24, 2.45) is 5.73 Å². The summed E-state index contributed by atoms with van der Waals surface area (Å²) < 4.78 is 24.9. The predicted molar refractivity (Wildman–Crippen MR) is 80.1 cm³/mol. The molecule has 7 heteroatoms. The molecule has 0 aromatic heterocycles. The highest BCUT2D eigenvalue weighted by Gasteiger charge is 2.50. The van der Waals surface area contributed by atoms with Crippen LogP contribution in [0.25, 0.3) is 0 Å². The first-order valence-corrected chi connectivity index (χ1v) is 7.67. The lowest BCUT2D eigenvalue weighted by Gasteiger charge is -2.27. The lowest BCUT2D eigenvalue weighted by atomic mass is 10.0. The van der Waals surface area contributed by atoms with Crippen LogP contribution in [-0.2, 0) is 14.3 Å². The molecule has 1 rings (SSSR count). The van der Waals surface area contributed by atoms with Crippen LogP contribution in [0, 0.1) is 0 Å². The van der Waals surface area contributed by atoms with Crippen molar-refractivity contribution in [3.8, 4) is 0 Å². The largest absolute Gasteiger partial charge is 0.464 e. The third-order valence-corrected chi connectivity index (χ3v) is 3.40. The van der Waals surface area contributed by atoms with E-state index in [1.165, 1.54) is 0 Å². The topological polar surface area (TPSA) is 81.9 Å². The minimum atomic E-state index is -1.79. The molecule has 0 aliphatic carbocycles. The van der Waals surface area contributed by atoms with Crippen LogP contribution in [-0.4, -0.2) is 54.0 Å². The highest BCUT2D eigenvalue weighted by Crippen LogP contribution is 2.32. The van der Waals surface area contributed by atoms with E-state index in [4.69, 9.17) is 15.2 Å². The fourth-order valence-corrected chi connectivity index (χ4v) is 2.22. The number of amides is 1. The monoisotopic (exact) mass is 318 g/mol. The molecule has 1 fully saturated rings. The maximum absolute atomic E-state index is 14.5. The van der Waals surface area contributed by atoms with Crippen molar-refractivity contribution < 1.29 is 23.5 Å². The van der Waals surface area contributed by atoms with E-state index in [1.54, 1.807) is 20.8 Å². The Morgan fingerprint density at radius 3 is 2.55 bits per heavy atom. The van der Waals surface area contributed by atoms with Crippen LogP contribution in [0.3, 0.4) is 0 Å². The summed E-state index contributed by atoms with van der Waals surface area (Å²) in [5.74, 6) is -0.604. The van der Waals surface area contributed by atoms with Gasteiger partial charge in [-0.2, -0.15) is 0 Å². The van der Waals surface area contributed by atoms with Crippen LogP contribution in [0.1, 0.15) is 47.0 Å². The molecular weight excluding hydrogens is 291 g/mol. The SMILES string of the molecule is CCCCOC(=O)[C@@H]1C[C@](F)(CN)CN1C(=O)OC(C)(C)C. The number of halogens is 1. The third-order valence-electron chi connectivity index (χ3n) is 3.40. The second-order valence-corrected chi connectivity index (χ2v) is 6.70. The van der Waals surface area contributed by atoms with Gasteiger partial charge in [0.05, 0.1) is 13.2 Å². The number of alkyl halides is 1. The van der Waals surface area contributed by atoms with E-state index in [9.17, 15) is 14.0 Å². The Bertz CT molecular complexity index is 411. The molecule has 22 heavy (non-hydrogen) atoms. The number of nitrogens with two attached hydrogens (primary N) is 1. The van der Waals surface area contributed by atoms with Gasteiger partial charge in [0, 0.05) is 13.0 Å². The van der Waals surface area contributed by atoms with Gasteiger partial charge in [-0.15, -0.1) is 0 Å². The number of likely N-dealkylation sites (tertiary alicyclic amines) is 1. The van der Waals surface area contributed by atoms with Crippen molar-refractivity contribution in [3.05, 3.63) is 0 Å². The minimum absolute atomic E-state index is 0.159. The zero-order valence-electron chi connectivity index (χ0n) is 13.9. The molecule has 1 aliphatic rings. The number of hydrogen-bond acceptors (Lipinski definition) is 5. The van der Waals surface area contributed by atoms with Gasteiger partial charge in [0.15, 0.2) is 0 Å². The molecule has 2 N–H and O–H groups in total. The Kier molecular flexibility index (Phi) is 6.17. The standard InChI is InChI=1S/C15H27FN2O4/c1-5-6-7-21-12(19)11-8-15(16,9-17)10-18(11)13(20)22-14(2,3)4/h11H,5-10,17H2,1-4H3/t11-,15-/m0/s1. The summed E-state index contributed by atoms with van der Waals surface area (Å²) in [5.41, 5.74) is 2.93. The van der Waals surface area contributed by atoms with Gasteiger partial charge >= 0.3 is 12.1 Å². The molecule has 6 nitrogen and oxygen atoms in total. The zero-order chi connectivity index (χ0) is 17.0. The number of ether oxygens (including phenoxy) is 2. The predicted octanol–water partition coefficient (Wildman–Crippen LogP) is 2.01. The van der Waals surface area contributed by atoms with E-state index < -0.39 is 29.4 Å². The number of nitrogens with zero attached hydrogens (tertiary/aromatic N) is 1. The number of hydrogen-bond donors (Lipinski definition) is 1. The second kappa shape index (κ2) is 7.26. The summed E-state index contributed by atoms with van der Waals surface area (Å²) in [7, 11) is 0. The Balaban J connectivity index is 2.81. The highest BCUT2D eigenvalue weighted by molar-refractivity contribution is 5.82. The molecule has 1 saturated heterocycles. The van der Waals surface area contributed by atoms with Gasteiger partial charge in [0.25, 0.3) is 0 Å². The average Bonchev–Trinajstić information content (AvgIpc) is 2.76. The van der Waals surface area contributed by atoms with E-state index in [1.807, 2.05) is 6.92 Å². The van der Waals surface area contributed by atoms with E-state index in [0.29, 0.717) is 0 Å². The molecule has 0 saturated carbocycles. The Labute approximate surface area is 131 Å². The summed E-state index contributed by atoms with van der Waals surface area (Å²) in [4.78, 5) is 25.4. The van der Waals surface area contributed by atoms with E-state index in [0.717, 1.165) is 17.7 Å². The van der Waals surface area contributed by atoms with E-state index >= 15 is 0 Å². The molecule has 1 amide bonds. The van der Waals surface area contributed by atoms with Crippen LogP contribution >= 0.6 is 0 Å². The Morgan fingerprint density at radius 2 is 2.05 bits per heavy atom. The quantitative estimate of drug-likeness (QED) is 0.619. The van der Waals surface area contributed by atoms with Gasteiger partial charge in [-0.05, 0) is 27.2 Å². The van der Waals surface area contributed by atoms with Gasteiger partial charge in [0.1, 0.15) is 17.3 Å². The first-order valence-electron chi connectivity index (χ1n) is 7.67. The molecule has 0 aromatic carbocycles. The number of carbonyl (C=O) groups excluding carboxylic acids is 2. The Morgan fingerprint density at radius 1 is 1.41 bits per heavy atom. The summed E-state index contributed by atoms with van der Waals surface area (Å²) in [5, 5.41) is 0. The molecule has 0 bridgehead atoms. The van der Waals surface area contributed by atoms with Crippen LogP contribution in [0.4, 0.5) is 9.18 Å². The molecule has 2 atom stereocenters. The highest BCUT2D eigenvalue weighted by atomic mass is 19.1. The second-order valence-electron chi connectivity index (χ2n) is 6.70. The molecule has 1 heterocycles. The van der Waals surface area contributed by atoms with Gasteiger partial charge in [-0.25, -0.2) is 14.0 Å². The average molecular weight is 318 g/mol. The van der Waals surface area contributed by atoms with Gasteiger partial charge in [-0.1, -0.05) is 13.3 Å². The first-order chi connectivity index (χ1) is 10.1. The number of carbonyl (C=O) groups is 2. The van der Waals surface area contributed by atoms with Crippen LogP contribution in [0.2, 0.25) is 0 Å². The molecule has 1 aliphatic heterocycles. The maximum atomic E-state index is 14.5. The van der Waals surface area contributed by atoms with Gasteiger partial charge < -0.3 is 15.2 Å². The summed E-state index contributed by atoms with van der Waals surface area (Å²) in [6, 6.07) is -0.986. The molecule has 128 valence electrons.